The zero-order chi connectivity index (χ0) is 29.1. The lowest BCUT2D eigenvalue weighted by molar-refractivity contribution is -0.870. The molecule has 1 fully saturated rings. The van der Waals surface area contributed by atoms with E-state index in [9.17, 15) is 9.59 Å². The Morgan fingerprint density at radius 1 is 1.00 bits per heavy atom. The minimum absolute atomic E-state index is 0.100. The first-order chi connectivity index (χ1) is 20.4. The van der Waals surface area contributed by atoms with Crippen LogP contribution >= 0.6 is 0 Å². The van der Waals surface area contributed by atoms with Crippen LogP contribution in [0.25, 0.3) is 33.3 Å². The molecular formula is C34H34N3O5+. The summed E-state index contributed by atoms with van der Waals surface area (Å²) in [4.78, 5) is 31.4. The van der Waals surface area contributed by atoms with Gasteiger partial charge in [-0.2, -0.15) is 0 Å². The van der Waals surface area contributed by atoms with E-state index in [0.717, 1.165) is 50.7 Å². The molecule has 8 heteroatoms. The van der Waals surface area contributed by atoms with Crippen molar-refractivity contribution in [3.05, 3.63) is 90.0 Å². The number of benzene rings is 4. The smallest absolute Gasteiger partial charge is 0.304 e. The highest BCUT2D eigenvalue weighted by molar-refractivity contribution is 5.91. The van der Waals surface area contributed by atoms with Crippen LogP contribution in [-0.4, -0.2) is 68.3 Å². The first-order valence-electron chi connectivity index (χ1n) is 14.2. The second-order valence-electron chi connectivity index (χ2n) is 11.1. The number of nitrogens with zero attached hydrogens (tertiary/aromatic N) is 3. The molecular weight excluding hydrogens is 530 g/mol. The number of ketones is 1. The maximum absolute atomic E-state index is 13.1. The maximum Gasteiger partial charge on any atom is 0.304 e. The average Bonchev–Trinajstić information content (AvgIpc) is 3.46. The second-order valence-corrected chi connectivity index (χ2v) is 11.1. The quantitative estimate of drug-likeness (QED) is 0.163. The topological polar surface area (TPSA) is 81.9 Å². The third-order valence-corrected chi connectivity index (χ3v) is 7.94. The van der Waals surface area contributed by atoms with E-state index in [2.05, 4.69) is 29.2 Å². The van der Waals surface area contributed by atoms with Gasteiger partial charge in [-0.1, -0.05) is 36.4 Å². The van der Waals surface area contributed by atoms with Crippen molar-refractivity contribution in [2.45, 2.75) is 13.3 Å². The Labute approximate surface area is 244 Å². The van der Waals surface area contributed by atoms with Crippen molar-refractivity contribution in [1.29, 1.82) is 0 Å². The molecule has 0 spiro atoms. The highest BCUT2D eigenvalue weighted by atomic mass is 16.5. The van der Waals surface area contributed by atoms with Crippen LogP contribution < -0.4 is 9.64 Å². The summed E-state index contributed by atoms with van der Waals surface area (Å²) in [5.41, 5.74) is 5.35. The SMILES string of the molecule is Cc1ccc(CC(=O)CN(C)c2ccc3cc(-c4nc5ccccc5o4)ccc3c2)cc1OC[N+]1(C=O)CCOCC1. The molecule has 42 heavy (non-hydrogen) atoms. The molecule has 1 aromatic heterocycles. The molecule has 0 radical (unpaired) electrons. The van der Waals surface area contributed by atoms with Crippen molar-refractivity contribution in [1.82, 2.24) is 4.98 Å². The molecule has 0 bridgehead atoms. The fourth-order valence-electron chi connectivity index (χ4n) is 5.32. The third kappa shape index (κ3) is 5.91. The molecule has 0 N–H and O–H groups in total. The Bertz CT molecular complexity index is 1720. The standard InChI is InChI=1S/C34H34N3O5/c1-24-7-8-25(18-33(24)41-23-37(22-38)13-15-40-16-14-37)17-30(39)21-36(2)29-12-11-26-19-28(10-9-27(26)20-29)34-35-31-5-3-4-6-32(31)42-34/h3-12,18-20,22H,13-17,21,23H2,1-2H3/q+1. The van der Waals surface area contributed by atoms with Crippen molar-refractivity contribution in [2.75, 3.05) is 51.5 Å². The summed E-state index contributed by atoms with van der Waals surface area (Å²) in [5.74, 6) is 1.40. The number of hydrogen-bond donors (Lipinski definition) is 0. The van der Waals surface area contributed by atoms with Gasteiger partial charge in [-0.25, -0.2) is 14.3 Å². The van der Waals surface area contributed by atoms with Gasteiger partial charge in [0.1, 0.15) is 24.4 Å². The highest BCUT2D eigenvalue weighted by Gasteiger charge is 2.31. The lowest BCUT2D eigenvalue weighted by Crippen LogP contribution is -2.56. The summed E-state index contributed by atoms with van der Waals surface area (Å²) >= 11 is 0. The number of para-hydroxylation sites is 2. The number of carbonyl (C=O) groups is 2. The van der Waals surface area contributed by atoms with Gasteiger partial charge in [-0.15, -0.1) is 0 Å². The van der Waals surface area contributed by atoms with Gasteiger partial charge in [0.15, 0.2) is 11.4 Å². The number of aryl methyl sites for hydroxylation is 1. The van der Waals surface area contributed by atoms with E-state index in [-0.39, 0.29) is 23.5 Å². The number of Topliss-reactive ketones (excluding diaryl/α,β-unsaturated/α-hetero) is 1. The first-order valence-corrected chi connectivity index (χ1v) is 14.2. The molecule has 0 aliphatic carbocycles. The van der Waals surface area contributed by atoms with Crippen LogP contribution in [-0.2, 0) is 20.7 Å². The summed E-state index contributed by atoms with van der Waals surface area (Å²) in [6.07, 6.45) is 1.24. The first kappa shape index (κ1) is 27.6. The van der Waals surface area contributed by atoms with Crippen LogP contribution in [0.15, 0.2) is 83.3 Å². The molecule has 2 heterocycles. The molecule has 1 saturated heterocycles. The maximum atomic E-state index is 13.1. The number of ether oxygens (including phenoxy) is 2. The molecule has 1 aliphatic rings. The van der Waals surface area contributed by atoms with E-state index in [1.807, 2.05) is 73.5 Å². The van der Waals surface area contributed by atoms with Gasteiger partial charge in [0.05, 0.1) is 19.8 Å². The monoisotopic (exact) mass is 564 g/mol. The summed E-state index contributed by atoms with van der Waals surface area (Å²) < 4.78 is 17.7. The van der Waals surface area contributed by atoms with Crippen molar-refractivity contribution in [3.8, 4) is 17.2 Å². The van der Waals surface area contributed by atoms with Gasteiger partial charge < -0.3 is 18.8 Å². The van der Waals surface area contributed by atoms with E-state index in [0.29, 0.717) is 44.4 Å². The molecule has 1 aliphatic heterocycles. The zero-order valence-corrected chi connectivity index (χ0v) is 23.9. The normalized spacial score (nSPS) is 14.6. The van der Waals surface area contributed by atoms with Gasteiger partial charge in [0.25, 0.3) is 0 Å². The average molecular weight is 565 g/mol. The van der Waals surface area contributed by atoms with Crippen molar-refractivity contribution >= 4 is 39.8 Å². The van der Waals surface area contributed by atoms with E-state index in [4.69, 9.17) is 13.9 Å². The molecule has 214 valence electrons. The number of fused-ring (bicyclic) bond motifs is 2. The molecule has 1 amide bonds. The van der Waals surface area contributed by atoms with E-state index in [1.165, 1.54) is 0 Å². The predicted octanol–water partition coefficient (Wildman–Crippen LogP) is 5.54. The number of carbonyl (C=O) groups excluding carboxylic acids is 2. The molecule has 5 aromatic rings. The number of amides is 1. The van der Waals surface area contributed by atoms with Gasteiger partial charge in [-0.3, -0.25) is 4.79 Å². The number of rotatable bonds is 10. The summed E-state index contributed by atoms with van der Waals surface area (Å²) in [5, 5.41) is 2.14. The number of quaternary nitrogens is 1. The third-order valence-electron chi connectivity index (χ3n) is 7.94. The number of anilines is 1. The van der Waals surface area contributed by atoms with Crippen LogP contribution in [0.5, 0.6) is 5.75 Å². The Balaban J connectivity index is 1.10. The molecule has 6 rings (SSSR count). The van der Waals surface area contributed by atoms with E-state index in [1.54, 1.807) is 0 Å². The fourth-order valence-corrected chi connectivity index (χ4v) is 5.32. The van der Waals surface area contributed by atoms with Gasteiger partial charge >= 0.3 is 6.41 Å². The van der Waals surface area contributed by atoms with E-state index >= 15 is 0 Å². The van der Waals surface area contributed by atoms with E-state index < -0.39 is 0 Å². The number of oxazole rings is 1. The number of hydrogen-bond acceptors (Lipinski definition) is 7. The lowest BCUT2D eigenvalue weighted by atomic mass is 10.0. The number of aromatic nitrogens is 1. The molecule has 0 unspecified atom stereocenters. The van der Waals surface area contributed by atoms with Crippen LogP contribution in [0.2, 0.25) is 0 Å². The van der Waals surface area contributed by atoms with Crippen molar-refractivity contribution in [3.63, 3.8) is 0 Å². The molecule has 0 atom stereocenters. The van der Waals surface area contributed by atoms with Gasteiger partial charge in [-0.05, 0) is 71.3 Å². The zero-order valence-electron chi connectivity index (χ0n) is 23.9. The summed E-state index contributed by atoms with van der Waals surface area (Å²) in [7, 11) is 1.93. The lowest BCUT2D eigenvalue weighted by Gasteiger charge is -2.34. The number of likely N-dealkylation sites (N-methyl/N-ethyl adjacent to an activating group) is 1. The second kappa shape index (κ2) is 11.8. The predicted molar refractivity (Wildman–Crippen MR) is 162 cm³/mol. The van der Waals surface area contributed by atoms with Crippen LogP contribution in [0, 0.1) is 6.92 Å². The summed E-state index contributed by atoms with van der Waals surface area (Å²) in [6.45, 7) is 4.79. The van der Waals surface area contributed by atoms with Crippen LogP contribution in [0.1, 0.15) is 11.1 Å². The minimum atomic E-state index is 0.100. The van der Waals surface area contributed by atoms with Crippen LogP contribution in [0.4, 0.5) is 5.69 Å². The van der Waals surface area contributed by atoms with Gasteiger partial charge in [0.2, 0.25) is 12.6 Å². The Kier molecular flexibility index (Phi) is 7.73. The van der Waals surface area contributed by atoms with Crippen LogP contribution in [0.3, 0.4) is 0 Å². The molecule has 0 saturated carbocycles. The van der Waals surface area contributed by atoms with Crippen molar-refractivity contribution in [2.24, 2.45) is 0 Å². The van der Waals surface area contributed by atoms with Gasteiger partial charge in [0, 0.05) is 24.7 Å². The Hall–Kier alpha value is -4.53. The fraction of sp³-hybridized carbons (Fsp3) is 0.265. The minimum Gasteiger partial charge on any atom is -0.444 e. The molecule has 8 nitrogen and oxygen atoms in total. The Morgan fingerprint density at radius 3 is 2.60 bits per heavy atom. The molecule has 4 aromatic carbocycles. The Morgan fingerprint density at radius 2 is 1.79 bits per heavy atom. The number of morpholine rings is 1. The van der Waals surface area contributed by atoms with Crippen molar-refractivity contribution < 1.29 is 28.0 Å². The highest BCUT2D eigenvalue weighted by Crippen LogP contribution is 2.29. The summed E-state index contributed by atoms with van der Waals surface area (Å²) in [6, 6.07) is 25.9. The largest absolute Gasteiger partial charge is 0.444 e.